The molecule has 0 aromatic carbocycles. The number of nitrogens with one attached hydrogen (secondary N) is 1. The van der Waals surface area contributed by atoms with Crippen LogP contribution in [0.1, 0.15) is 31.4 Å². The van der Waals surface area contributed by atoms with E-state index in [1.165, 1.54) is 25.7 Å². The van der Waals surface area contributed by atoms with Gasteiger partial charge in [-0.1, -0.05) is 12.8 Å². The molecule has 0 saturated heterocycles. The molecule has 0 atom stereocenters. The molecule has 0 spiro atoms. The van der Waals surface area contributed by atoms with Crippen LogP contribution >= 0.6 is 12.6 Å². The summed E-state index contributed by atoms with van der Waals surface area (Å²) in [4.78, 5) is 0. The van der Waals surface area contributed by atoms with Gasteiger partial charge in [-0.2, -0.15) is 28.0 Å². The van der Waals surface area contributed by atoms with Crippen molar-refractivity contribution >= 4 is 12.6 Å². The summed E-state index contributed by atoms with van der Waals surface area (Å²) in [7, 11) is 0. The molecule has 3 nitrogen and oxygen atoms in total. The Kier molecular flexibility index (Phi) is 4.83. The number of hydrogen-bond donors (Lipinski definition) is 2. The number of H-pyrrole nitrogens is 1. The number of unbranched alkanes of at least 4 members (excludes halogenated alkanes) is 3. The summed E-state index contributed by atoms with van der Waals surface area (Å²) in [5.74, 6) is 1.00. The molecular formula is C8H15N3S. The van der Waals surface area contributed by atoms with Crippen molar-refractivity contribution in [2.24, 2.45) is 0 Å². The summed E-state index contributed by atoms with van der Waals surface area (Å²) in [6.07, 6.45) is 7.82. The Morgan fingerprint density at radius 1 is 1.25 bits per heavy atom. The van der Waals surface area contributed by atoms with E-state index in [4.69, 9.17) is 0 Å². The second-order valence-corrected chi connectivity index (χ2v) is 3.30. The maximum atomic E-state index is 4.16. The predicted molar refractivity (Wildman–Crippen MR) is 52.4 cm³/mol. The van der Waals surface area contributed by atoms with Gasteiger partial charge in [-0.05, 0) is 25.0 Å². The maximum absolute atomic E-state index is 4.16. The number of aromatic amines is 1. The number of thiol groups is 1. The molecule has 0 unspecified atom stereocenters. The molecule has 68 valence electrons. The lowest BCUT2D eigenvalue weighted by molar-refractivity contribution is 0.663. The zero-order valence-corrected chi connectivity index (χ0v) is 8.06. The van der Waals surface area contributed by atoms with Crippen LogP contribution < -0.4 is 0 Å². The van der Waals surface area contributed by atoms with Crippen molar-refractivity contribution in [3.05, 3.63) is 11.9 Å². The molecule has 1 aromatic heterocycles. The van der Waals surface area contributed by atoms with E-state index in [0.717, 1.165) is 17.9 Å². The summed E-state index contributed by atoms with van der Waals surface area (Å²) in [5, 5.41) is 10.3. The summed E-state index contributed by atoms with van der Waals surface area (Å²) >= 11 is 4.16. The number of rotatable bonds is 6. The number of hydrogen-bond acceptors (Lipinski definition) is 3. The van der Waals surface area contributed by atoms with Gasteiger partial charge in [-0.15, -0.1) is 0 Å². The van der Waals surface area contributed by atoms with Gasteiger partial charge in [0.25, 0.3) is 0 Å². The monoisotopic (exact) mass is 185 g/mol. The standard InChI is InChI=1S/C8H15N3S/c12-6-4-2-1-3-5-8-7-9-11-10-8/h7,12H,1-6H2,(H,9,10,11). The van der Waals surface area contributed by atoms with Gasteiger partial charge < -0.3 is 0 Å². The van der Waals surface area contributed by atoms with Crippen LogP contribution in [0.3, 0.4) is 0 Å². The minimum absolute atomic E-state index is 1.00. The number of nitrogens with zero attached hydrogens (tertiary/aromatic N) is 2. The lowest BCUT2D eigenvalue weighted by Gasteiger charge is -1.96. The largest absolute Gasteiger partial charge is 0.198 e. The molecule has 1 rings (SSSR count). The first kappa shape index (κ1) is 9.58. The molecule has 0 aliphatic heterocycles. The Morgan fingerprint density at radius 2 is 2.08 bits per heavy atom. The first-order valence-corrected chi connectivity index (χ1v) is 5.02. The fourth-order valence-electron chi connectivity index (χ4n) is 1.12. The van der Waals surface area contributed by atoms with Crippen LogP contribution in [0.4, 0.5) is 0 Å². The Labute approximate surface area is 78.4 Å². The van der Waals surface area contributed by atoms with E-state index in [2.05, 4.69) is 28.0 Å². The Bertz CT molecular complexity index is 186. The number of aryl methyl sites for hydroxylation is 1. The molecule has 0 amide bonds. The molecule has 1 heterocycles. The highest BCUT2D eigenvalue weighted by molar-refractivity contribution is 7.80. The third kappa shape index (κ3) is 3.76. The molecule has 0 fully saturated rings. The number of aromatic nitrogens is 3. The molecule has 1 N–H and O–H groups in total. The predicted octanol–water partition coefficient (Wildman–Crippen LogP) is 1.84. The van der Waals surface area contributed by atoms with Crippen molar-refractivity contribution in [3.63, 3.8) is 0 Å². The quantitative estimate of drug-likeness (QED) is 0.524. The minimum atomic E-state index is 1.00. The first-order chi connectivity index (χ1) is 5.93. The minimum Gasteiger partial charge on any atom is -0.198 e. The van der Waals surface area contributed by atoms with Crippen molar-refractivity contribution in [1.82, 2.24) is 15.4 Å². The second kappa shape index (κ2) is 6.06. The highest BCUT2D eigenvalue weighted by atomic mass is 32.1. The Hall–Kier alpha value is -0.510. The molecule has 0 radical (unpaired) electrons. The van der Waals surface area contributed by atoms with Gasteiger partial charge in [0.2, 0.25) is 0 Å². The third-order valence-corrected chi connectivity index (χ3v) is 2.12. The van der Waals surface area contributed by atoms with Gasteiger partial charge in [0.1, 0.15) is 0 Å². The average Bonchev–Trinajstić information content (AvgIpc) is 2.57. The van der Waals surface area contributed by atoms with Gasteiger partial charge in [0, 0.05) is 0 Å². The second-order valence-electron chi connectivity index (χ2n) is 2.85. The lowest BCUT2D eigenvalue weighted by Crippen LogP contribution is -1.86. The fourth-order valence-corrected chi connectivity index (χ4v) is 1.34. The van der Waals surface area contributed by atoms with Crippen molar-refractivity contribution in [2.45, 2.75) is 32.1 Å². The molecule has 12 heavy (non-hydrogen) atoms. The van der Waals surface area contributed by atoms with Crippen LogP contribution in [0, 0.1) is 0 Å². The van der Waals surface area contributed by atoms with Crippen LogP contribution in [0.5, 0.6) is 0 Å². The van der Waals surface area contributed by atoms with Crippen molar-refractivity contribution < 1.29 is 0 Å². The van der Waals surface area contributed by atoms with E-state index in [1.807, 2.05) is 0 Å². The smallest absolute Gasteiger partial charge is 0.0824 e. The van der Waals surface area contributed by atoms with Crippen LogP contribution in [0.25, 0.3) is 0 Å². The van der Waals surface area contributed by atoms with Gasteiger partial charge in [-0.25, -0.2) is 0 Å². The maximum Gasteiger partial charge on any atom is 0.0824 e. The normalized spacial score (nSPS) is 10.4. The van der Waals surface area contributed by atoms with Gasteiger partial charge >= 0.3 is 0 Å². The summed E-state index contributed by atoms with van der Waals surface area (Å²) < 4.78 is 0. The van der Waals surface area contributed by atoms with Crippen LogP contribution in [-0.4, -0.2) is 21.2 Å². The van der Waals surface area contributed by atoms with Crippen molar-refractivity contribution in [2.75, 3.05) is 5.75 Å². The Morgan fingerprint density at radius 3 is 2.75 bits per heavy atom. The van der Waals surface area contributed by atoms with Gasteiger partial charge in [0.05, 0.1) is 11.9 Å². The lowest BCUT2D eigenvalue weighted by atomic mass is 10.1. The Balaban J connectivity index is 1.96. The SMILES string of the molecule is SCCCCCCc1cn[nH]n1. The molecule has 0 aliphatic carbocycles. The molecule has 0 aliphatic rings. The van der Waals surface area contributed by atoms with Crippen LogP contribution in [0.15, 0.2) is 6.20 Å². The summed E-state index contributed by atoms with van der Waals surface area (Å²) in [6.45, 7) is 0. The molecule has 0 bridgehead atoms. The molecular weight excluding hydrogens is 170 g/mol. The topological polar surface area (TPSA) is 41.6 Å². The van der Waals surface area contributed by atoms with Gasteiger partial charge in [0.15, 0.2) is 0 Å². The summed E-state index contributed by atoms with van der Waals surface area (Å²) in [6, 6.07) is 0. The zero-order chi connectivity index (χ0) is 8.65. The van der Waals surface area contributed by atoms with Crippen LogP contribution in [0.2, 0.25) is 0 Å². The summed E-state index contributed by atoms with van der Waals surface area (Å²) in [5.41, 5.74) is 1.07. The van der Waals surface area contributed by atoms with E-state index in [1.54, 1.807) is 6.20 Å². The van der Waals surface area contributed by atoms with E-state index >= 15 is 0 Å². The van der Waals surface area contributed by atoms with Crippen molar-refractivity contribution in [3.8, 4) is 0 Å². The molecule has 4 heteroatoms. The van der Waals surface area contributed by atoms with E-state index < -0.39 is 0 Å². The zero-order valence-electron chi connectivity index (χ0n) is 7.16. The molecule has 0 saturated carbocycles. The highest BCUT2D eigenvalue weighted by Gasteiger charge is 1.94. The third-order valence-electron chi connectivity index (χ3n) is 1.81. The molecule has 1 aromatic rings. The van der Waals surface area contributed by atoms with Gasteiger partial charge in [-0.3, -0.25) is 0 Å². The average molecular weight is 185 g/mol. The van der Waals surface area contributed by atoms with E-state index in [9.17, 15) is 0 Å². The first-order valence-electron chi connectivity index (χ1n) is 4.39. The van der Waals surface area contributed by atoms with E-state index in [-0.39, 0.29) is 0 Å². The van der Waals surface area contributed by atoms with Crippen LogP contribution in [-0.2, 0) is 6.42 Å². The van der Waals surface area contributed by atoms with E-state index in [0.29, 0.717) is 0 Å². The fraction of sp³-hybridized carbons (Fsp3) is 0.750. The van der Waals surface area contributed by atoms with Crippen molar-refractivity contribution in [1.29, 1.82) is 0 Å². The highest BCUT2D eigenvalue weighted by Crippen LogP contribution is 2.04.